The van der Waals surface area contributed by atoms with E-state index in [1.54, 1.807) is 24.3 Å². The lowest BCUT2D eigenvalue weighted by Crippen LogP contribution is -2.39. The van der Waals surface area contributed by atoms with Gasteiger partial charge in [0.2, 0.25) is 0 Å². The molecule has 1 aromatic rings. The Hall–Kier alpha value is -2.34. The van der Waals surface area contributed by atoms with Gasteiger partial charge in [0.1, 0.15) is 17.9 Å². The zero-order valence-corrected chi connectivity index (χ0v) is 17.9. The van der Waals surface area contributed by atoms with Gasteiger partial charge in [-0.15, -0.1) is 0 Å². The number of carbonyl (C=O) groups excluding carboxylic acids is 2. The van der Waals surface area contributed by atoms with Crippen LogP contribution < -0.4 is 4.74 Å². The van der Waals surface area contributed by atoms with Gasteiger partial charge in [0.15, 0.2) is 5.60 Å². The molecule has 1 aromatic carbocycles. The summed E-state index contributed by atoms with van der Waals surface area (Å²) in [5, 5.41) is 9.87. The maximum Gasteiger partial charge on any atom is 0.342 e. The van der Waals surface area contributed by atoms with E-state index in [1.165, 1.54) is 7.11 Å². The second kappa shape index (κ2) is 9.92. The number of aliphatic hydroxyl groups is 1. The van der Waals surface area contributed by atoms with Gasteiger partial charge < -0.3 is 19.3 Å². The van der Waals surface area contributed by atoms with Crippen LogP contribution in [0.15, 0.2) is 35.9 Å². The van der Waals surface area contributed by atoms with Gasteiger partial charge in [0.05, 0.1) is 13.7 Å². The van der Waals surface area contributed by atoms with E-state index in [2.05, 4.69) is 27.7 Å². The van der Waals surface area contributed by atoms with Crippen LogP contribution in [0.1, 0.15) is 50.9 Å². The minimum Gasteiger partial charge on any atom is -0.496 e. The number of methoxy groups -OCH3 is 1. The molecule has 2 rings (SSSR count). The van der Waals surface area contributed by atoms with Crippen molar-refractivity contribution in [1.82, 2.24) is 0 Å². The van der Waals surface area contributed by atoms with Crippen molar-refractivity contribution in [2.45, 2.75) is 46.1 Å². The largest absolute Gasteiger partial charge is 0.496 e. The molecule has 160 valence electrons. The molecule has 1 fully saturated rings. The van der Waals surface area contributed by atoms with Crippen molar-refractivity contribution in [3.05, 3.63) is 41.5 Å². The van der Waals surface area contributed by atoms with Crippen LogP contribution in [-0.2, 0) is 14.3 Å². The summed E-state index contributed by atoms with van der Waals surface area (Å²) < 4.78 is 16.0. The van der Waals surface area contributed by atoms with Crippen LogP contribution >= 0.6 is 0 Å². The molecule has 1 N–H and O–H groups in total. The first-order valence-electron chi connectivity index (χ1n) is 10.1. The molecule has 0 spiro atoms. The maximum atomic E-state index is 12.4. The van der Waals surface area contributed by atoms with Gasteiger partial charge in [-0.2, -0.15) is 0 Å². The predicted octanol–water partition coefficient (Wildman–Crippen LogP) is 3.77. The van der Waals surface area contributed by atoms with E-state index in [0.29, 0.717) is 29.1 Å². The van der Waals surface area contributed by atoms with Crippen LogP contribution in [0.4, 0.5) is 0 Å². The number of allylic oxidation sites excluding steroid dienone is 1. The second-order valence-electron chi connectivity index (χ2n) is 8.30. The topological polar surface area (TPSA) is 82.1 Å². The summed E-state index contributed by atoms with van der Waals surface area (Å²) in [6, 6.07) is 6.71. The van der Waals surface area contributed by atoms with Gasteiger partial charge >= 0.3 is 11.9 Å². The number of hydrogen-bond acceptors (Lipinski definition) is 6. The Morgan fingerprint density at radius 2 is 1.90 bits per heavy atom. The fourth-order valence-electron chi connectivity index (χ4n) is 3.77. The lowest BCUT2D eigenvalue weighted by molar-refractivity contribution is -0.154. The zero-order valence-electron chi connectivity index (χ0n) is 17.9. The van der Waals surface area contributed by atoms with Crippen molar-refractivity contribution in [3.63, 3.8) is 0 Å². The molecule has 0 aromatic heterocycles. The molecule has 1 unspecified atom stereocenters. The molecule has 1 atom stereocenters. The molecule has 6 nitrogen and oxygen atoms in total. The van der Waals surface area contributed by atoms with Crippen LogP contribution in [0.3, 0.4) is 0 Å². The van der Waals surface area contributed by atoms with Gasteiger partial charge in [0.25, 0.3) is 0 Å². The highest BCUT2D eigenvalue weighted by atomic mass is 16.6. The second-order valence-corrected chi connectivity index (χ2v) is 8.30. The summed E-state index contributed by atoms with van der Waals surface area (Å²) >= 11 is 0. The number of ether oxygens (including phenoxy) is 3. The van der Waals surface area contributed by atoms with Crippen LogP contribution in [0, 0.1) is 17.8 Å². The Morgan fingerprint density at radius 3 is 2.48 bits per heavy atom. The minimum absolute atomic E-state index is 0.213. The quantitative estimate of drug-likeness (QED) is 0.498. The number of rotatable bonds is 9. The maximum absolute atomic E-state index is 12.4. The molecule has 6 heteroatoms. The molecule has 1 saturated heterocycles. The van der Waals surface area contributed by atoms with Crippen LogP contribution in [0.25, 0.3) is 0 Å². The highest BCUT2D eigenvalue weighted by Gasteiger charge is 2.44. The van der Waals surface area contributed by atoms with Crippen molar-refractivity contribution in [2.24, 2.45) is 17.8 Å². The number of cyclic esters (lactones) is 1. The van der Waals surface area contributed by atoms with E-state index in [0.717, 1.165) is 6.42 Å². The van der Waals surface area contributed by atoms with E-state index in [9.17, 15) is 14.7 Å². The van der Waals surface area contributed by atoms with Crippen molar-refractivity contribution in [1.29, 1.82) is 0 Å². The average molecular weight is 405 g/mol. The molecule has 0 radical (unpaired) electrons. The summed E-state index contributed by atoms with van der Waals surface area (Å²) in [7, 11) is 1.47. The number of esters is 2. The lowest BCUT2D eigenvalue weighted by Gasteiger charge is -2.24. The van der Waals surface area contributed by atoms with Crippen molar-refractivity contribution in [3.8, 4) is 5.75 Å². The van der Waals surface area contributed by atoms with Crippen molar-refractivity contribution < 1.29 is 28.9 Å². The van der Waals surface area contributed by atoms with Gasteiger partial charge in [-0.05, 0) is 36.3 Å². The standard InChI is InChI=1S/C23H32O6/c1-15(2)18(16(3)4)11-10-17-12-23(13-24,29-21(17)25)14-28-22(26)19-8-6-7-9-20(19)27-5/h6-10,15-16,18,24H,11-14H2,1-5H3/b17-10-. The number of carbonyl (C=O) groups is 2. The highest BCUT2D eigenvalue weighted by molar-refractivity contribution is 5.93. The number of aliphatic hydroxyl groups excluding tert-OH is 1. The smallest absolute Gasteiger partial charge is 0.342 e. The Bertz CT molecular complexity index is 743. The van der Waals surface area contributed by atoms with E-state index < -0.39 is 24.1 Å². The van der Waals surface area contributed by atoms with Crippen LogP contribution in [-0.4, -0.2) is 43.0 Å². The Balaban J connectivity index is 2.07. The number of hydrogen-bond donors (Lipinski definition) is 1. The van der Waals surface area contributed by atoms with Crippen molar-refractivity contribution >= 4 is 11.9 Å². The summed E-state index contributed by atoms with van der Waals surface area (Å²) in [4.78, 5) is 24.8. The highest BCUT2D eigenvalue weighted by Crippen LogP contribution is 2.33. The SMILES string of the molecule is COc1ccccc1C(=O)OCC1(CO)C/C(=C/CC(C(C)C)C(C)C)C(=O)O1. The Kier molecular flexibility index (Phi) is 7.85. The fourth-order valence-corrected chi connectivity index (χ4v) is 3.77. The normalized spacial score (nSPS) is 20.6. The van der Waals surface area contributed by atoms with Crippen LogP contribution in [0.2, 0.25) is 0 Å². The molecule has 1 aliphatic heterocycles. The van der Waals surface area contributed by atoms with E-state index in [1.807, 2.05) is 6.08 Å². The Labute approximate surface area is 172 Å². The first-order valence-corrected chi connectivity index (χ1v) is 10.1. The first-order chi connectivity index (χ1) is 13.7. The fraction of sp³-hybridized carbons (Fsp3) is 0.565. The van der Waals surface area contributed by atoms with E-state index >= 15 is 0 Å². The molecule has 0 bridgehead atoms. The molecule has 1 heterocycles. The zero-order chi connectivity index (χ0) is 21.6. The van der Waals surface area contributed by atoms with E-state index in [-0.39, 0.29) is 18.6 Å². The monoisotopic (exact) mass is 404 g/mol. The molecular weight excluding hydrogens is 372 g/mol. The molecule has 0 aliphatic carbocycles. The van der Waals surface area contributed by atoms with Gasteiger partial charge in [-0.3, -0.25) is 0 Å². The number of benzene rings is 1. The molecule has 29 heavy (non-hydrogen) atoms. The summed E-state index contributed by atoms with van der Waals surface area (Å²) in [6.07, 6.45) is 2.89. The molecule has 1 aliphatic rings. The molecule has 0 amide bonds. The predicted molar refractivity (Wildman–Crippen MR) is 110 cm³/mol. The summed E-state index contributed by atoms with van der Waals surface area (Å²) in [5.41, 5.74) is -0.440. The lowest BCUT2D eigenvalue weighted by atomic mass is 9.82. The Morgan fingerprint density at radius 1 is 1.24 bits per heavy atom. The van der Waals surface area contributed by atoms with Gasteiger partial charge in [-0.25, -0.2) is 9.59 Å². The van der Waals surface area contributed by atoms with E-state index in [4.69, 9.17) is 14.2 Å². The first kappa shape index (κ1) is 22.9. The third-order valence-corrected chi connectivity index (χ3v) is 5.51. The molecule has 0 saturated carbocycles. The average Bonchev–Trinajstić information content (AvgIpc) is 3.02. The van der Waals surface area contributed by atoms with Crippen LogP contribution in [0.5, 0.6) is 5.75 Å². The van der Waals surface area contributed by atoms with Crippen molar-refractivity contribution in [2.75, 3.05) is 20.3 Å². The minimum atomic E-state index is -1.24. The summed E-state index contributed by atoms with van der Waals surface area (Å²) in [6.45, 7) is 8.04. The third-order valence-electron chi connectivity index (χ3n) is 5.51. The molecular formula is C23H32O6. The van der Waals surface area contributed by atoms with Gasteiger partial charge in [0, 0.05) is 12.0 Å². The van der Waals surface area contributed by atoms with Gasteiger partial charge in [-0.1, -0.05) is 45.9 Å². The summed E-state index contributed by atoms with van der Waals surface area (Å²) in [5.74, 6) is 0.778. The number of para-hydroxylation sites is 1. The third kappa shape index (κ3) is 5.60.